The third-order valence-corrected chi connectivity index (χ3v) is 1.68. The van der Waals surface area contributed by atoms with Gasteiger partial charge in [0, 0.05) is 11.6 Å². The lowest BCUT2D eigenvalue weighted by Gasteiger charge is -2.17. The van der Waals surface area contributed by atoms with Gasteiger partial charge in [-0.2, -0.15) is 4.98 Å². The third kappa shape index (κ3) is 2.68. The molecule has 0 amide bonds. The molecule has 1 rings (SSSR count). The lowest BCUT2D eigenvalue weighted by atomic mass is 9.92. The molecule has 0 aliphatic heterocycles. The number of ether oxygens (including phenoxy) is 1. The van der Waals surface area contributed by atoms with Crippen LogP contribution in [-0.2, 0) is 5.41 Å². The Balaban J connectivity index is 2.92. The van der Waals surface area contributed by atoms with Crippen LogP contribution in [-0.4, -0.2) is 16.6 Å². The predicted octanol–water partition coefficient (Wildman–Crippen LogP) is 2.17. The summed E-state index contributed by atoms with van der Waals surface area (Å²) in [4.78, 5) is 8.31. The zero-order valence-corrected chi connectivity index (χ0v) is 8.66. The normalized spacial score (nSPS) is 11.4. The molecule has 0 fully saturated rings. The summed E-state index contributed by atoms with van der Waals surface area (Å²) in [5.74, 6) is 0. The molecule has 0 saturated carbocycles. The highest BCUT2D eigenvalue weighted by molar-refractivity contribution is 5.13. The number of nitrogens with zero attached hydrogens (tertiary/aromatic N) is 2. The maximum Gasteiger partial charge on any atom is 0.316 e. The highest BCUT2D eigenvalue weighted by atomic mass is 16.5. The van der Waals surface area contributed by atoms with Gasteiger partial charge in [-0.05, 0) is 13.0 Å². The zero-order valence-electron chi connectivity index (χ0n) is 8.66. The van der Waals surface area contributed by atoms with Crippen LogP contribution in [0.5, 0.6) is 6.01 Å². The summed E-state index contributed by atoms with van der Waals surface area (Å²) in [6, 6.07) is 2.39. The fraction of sp³-hybridized carbons (Fsp3) is 0.600. The van der Waals surface area contributed by atoms with Crippen molar-refractivity contribution >= 4 is 0 Å². The SMILES string of the molecule is CCOc1nccc(C(C)(C)C)n1. The largest absolute Gasteiger partial charge is 0.464 e. The Bertz CT molecular complexity index is 278. The van der Waals surface area contributed by atoms with Gasteiger partial charge in [0.25, 0.3) is 0 Å². The molecule has 0 saturated heterocycles. The average Bonchev–Trinajstić information content (AvgIpc) is 2.04. The topological polar surface area (TPSA) is 35.0 Å². The molecule has 1 heterocycles. The monoisotopic (exact) mass is 180 g/mol. The van der Waals surface area contributed by atoms with Gasteiger partial charge in [0.2, 0.25) is 0 Å². The van der Waals surface area contributed by atoms with Crippen molar-refractivity contribution in [1.82, 2.24) is 9.97 Å². The Labute approximate surface area is 79.2 Å². The van der Waals surface area contributed by atoms with Gasteiger partial charge in [0.05, 0.1) is 12.3 Å². The molecule has 0 atom stereocenters. The lowest BCUT2D eigenvalue weighted by molar-refractivity contribution is 0.309. The van der Waals surface area contributed by atoms with Crippen molar-refractivity contribution in [2.45, 2.75) is 33.1 Å². The van der Waals surface area contributed by atoms with Crippen LogP contribution < -0.4 is 4.74 Å². The number of hydrogen-bond acceptors (Lipinski definition) is 3. The fourth-order valence-corrected chi connectivity index (χ4v) is 0.957. The van der Waals surface area contributed by atoms with Gasteiger partial charge in [0.1, 0.15) is 0 Å². The first kappa shape index (κ1) is 9.96. The smallest absolute Gasteiger partial charge is 0.316 e. The number of hydrogen-bond donors (Lipinski definition) is 0. The molecular weight excluding hydrogens is 164 g/mol. The predicted molar refractivity (Wildman–Crippen MR) is 51.9 cm³/mol. The lowest BCUT2D eigenvalue weighted by Crippen LogP contribution is -2.14. The highest BCUT2D eigenvalue weighted by Gasteiger charge is 2.15. The summed E-state index contributed by atoms with van der Waals surface area (Å²) in [5, 5.41) is 0. The van der Waals surface area contributed by atoms with Gasteiger partial charge >= 0.3 is 6.01 Å². The molecule has 0 aliphatic rings. The van der Waals surface area contributed by atoms with E-state index in [0.717, 1.165) is 5.69 Å². The van der Waals surface area contributed by atoms with Crippen molar-refractivity contribution in [3.8, 4) is 6.01 Å². The first-order valence-corrected chi connectivity index (χ1v) is 4.50. The summed E-state index contributed by atoms with van der Waals surface area (Å²) < 4.78 is 5.22. The summed E-state index contributed by atoms with van der Waals surface area (Å²) in [5.41, 5.74) is 1.06. The average molecular weight is 180 g/mol. The molecule has 1 aromatic heterocycles. The second-order valence-electron chi connectivity index (χ2n) is 3.91. The van der Waals surface area contributed by atoms with Crippen LogP contribution in [0.3, 0.4) is 0 Å². The van der Waals surface area contributed by atoms with Crippen molar-refractivity contribution < 1.29 is 4.74 Å². The van der Waals surface area contributed by atoms with E-state index in [-0.39, 0.29) is 5.41 Å². The van der Waals surface area contributed by atoms with E-state index in [9.17, 15) is 0 Å². The van der Waals surface area contributed by atoms with E-state index in [1.807, 2.05) is 13.0 Å². The Morgan fingerprint density at radius 3 is 2.62 bits per heavy atom. The maximum absolute atomic E-state index is 5.22. The van der Waals surface area contributed by atoms with Crippen molar-refractivity contribution in [3.05, 3.63) is 18.0 Å². The maximum atomic E-state index is 5.22. The van der Waals surface area contributed by atoms with Gasteiger partial charge in [0.15, 0.2) is 0 Å². The van der Waals surface area contributed by atoms with E-state index in [1.54, 1.807) is 6.20 Å². The van der Waals surface area contributed by atoms with E-state index >= 15 is 0 Å². The van der Waals surface area contributed by atoms with Gasteiger partial charge in [-0.15, -0.1) is 0 Å². The molecule has 0 bridgehead atoms. The minimum atomic E-state index is 0.0504. The summed E-state index contributed by atoms with van der Waals surface area (Å²) in [6.07, 6.45) is 1.73. The standard InChI is InChI=1S/C10H16N2O/c1-5-13-9-11-7-6-8(12-9)10(2,3)4/h6-7H,5H2,1-4H3. The molecule has 72 valence electrons. The quantitative estimate of drug-likeness (QED) is 0.699. The minimum Gasteiger partial charge on any atom is -0.464 e. The van der Waals surface area contributed by atoms with Crippen LogP contribution in [0.4, 0.5) is 0 Å². The summed E-state index contributed by atoms with van der Waals surface area (Å²) in [7, 11) is 0. The molecule has 0 aromatic carbocycles. The Kier molecular flexibility index (Phi) is 2.86. The Morgan fingerprint density at radius 2 is 2.08 bits per heavy atom. The highest BCUT2D eigenvalue weighted by Crippen LogP contribution is 2.20. The van der Waals surface area contributed by atoms with Gasteiger partial charge in [-0.3, -0.25) is 0 Å². The van der Waals surface area contributed by atoms with Crippen LogP contribution in [0, 0.1) is 0 Å². The molecular formula is C10H16N2O. The molecule has 0 aliphatic carbocycles. The number of rotatable bonds is 2. The van der Waals surface area contributed by atoms with Gasteiger partial charge < -0.3 is 4.74 Å². The van der Waals surface area contributed by atoms with E-state index in [4.69, 9.17) is 4.74 Å². The first-order valence-electron chi connectivity index (χ1n) is 4.50. The number of aromatic nitrogens is 2. The van der Waals surface area contributed by atoms with Crippen molar-refractivity contribution in [2.24, 2.45) is 0 Å². The van der Waals surface area contributed by atoms with Crippen molar-refractivity contribution in [1.29, 1.82) is 0 Å². The molecule has 3 heteroatoms. The molecule has 1 aromatic rings. The Hall–Kier alpha value is -1.12. The minimum absolute atomic E-state index is 0.0504. The second-order valence-corrected chi connectivity index (χ2v) is 3.91. The van der Waals surface area contributed by atoms with E-state index in [2.05, 4.69) is 30.7 Å². The van der Waals surface area contributed by atoms with Crippen LogP contribution in [0.1, 0.15) is 33.4 Å². The van der Waals surface area contributed by atoms with E-state index in [1.165, 1.54) is 0 Å². The molecule has 0 N–H and O–H groups in total. The summed E-state index contributed by atoms with van der Waals surface area (Å²) >= 11 is 0. The van der Waals surface area contributed by atoms with E-state index < -0.39 is 0 Å². The van der Waals surface area contributed by atoms with Crippen LogP contribution in [0.15, 0.2) is 12.3 Å². The second kappa shape index (κ2) is 3.73. The van der Waals surface area contributed by atoms with Crippen molar-refractivity contribution in [2.75, 3.05) is 6.61 Å². The van der Waals surface area contributed by atoms with Crippen molar-refractivity contribution in [3.63, 3.8) is 0 Å². The Morgan fingerprint density at radius 1 is 1.38 bits per heavy atom. The summed E-state index contributed by atoms with van der Waals surface area (Å²) in [6.45, 7) is 8.88. The van der Waals surface area contributed by atoms with Gasteiger partial charge in [-0.1, -0.05) is 20.8 Å². The molecule has 0 spiro atoms. The van der Waals surface area contributed by atoms with Crippen LogP contribution in [0.25, 0.3) is 0 Å². The molecule has 13 heavy (non-hydrogen) atoms. The van der Waals surface area contributed by atoms with Crippen LogP contribution in [0.2, 0.25) is 0 Å². The van der Waals surface area contributed by atoms with Gasteiger partial charge in [-0.25, -0.2) is 4.98 Å². The molecule has 3 nitrogen and oxygen atoms in total. The third-order valence-electron chi connectivity index (χ3n) is 1.68. The first-order chi connectivity index (χ1) is 6.04. The van der Waals surface area contributed by atoms with Crippen LogP contribution >= 0.6 is 0 Å². The fourth-order valence-electron chi connectivity index (χ4n) is 0.957. The molecule has 0 radical (unpaired) electrons. The molecule has 0 unspecified atom stereocenters. The zero-order chi connectivity index (χ0) is 9.90. The van der Waals surface area contributed by atoms with E-state index in [0.29, 0.717) is 12.6 Å².